The molecule has 4 nitrogen and oxygen atoms in total. The SMILES string of the molecule is CCN(CC)c1[c]c2ccccc2c(S(=O)(=O)O)c1. The molecule has 0 spiro atoms. The lowest BCUT2D eigenvalue weighted by Crippen LogP contribution is -2.22. The summed E-state index contributed by atoms with van der Waals surface area (Å²) in [7, 11) is -4.25. The van der Waals surface area contributed by atoms with E-state index in [2.05, 4.69) is 6.07 Å². The fourth-order valence-electron chi connectivity index (χ4n) is 2.13. The standard InChI is InChI=1S/C14H16NO3S/c1-3-15(4-2)12-9-11-7-5-6-8-13(11)14(10-12)19(16,17)18/h5-8,10H,3-4H2,1-2H3,(H,16,17,18). The molecule has 1 radical (unpaired) electrons. The van der Waals surface area contributed by atoms with Crippen LogP contribution in [0.5, 0.6) is 0 Å². The van der Waals surface area contributed by atoms with Crippen LogP contribution in [-0.2, 0) is 10.1 Å². The maximum absolute atomic E-state index is 11.5. The molecule has 0 aliphatic rings. The van der Waals surface area contributed by atoms with Crippen molar-refractivity contribution in [2.45, 2.75) is 18.7 Å². The zero-order valence-electron chi connectivity index (χ0n) is 10.9. The summed E-state index contributed by atoms with van der Waals surface area (Å²) >= 11 is 0. The van der Waals surface area contributed by atoms with Crippen LogP contribution in [0.1, 0.15) is 13.8 Å². The maximum atomic E-state index is 11.5. The molecule has 0 bridgehead atoms. The van der Waals surface area contributed by atoms with E-state index in [4.69, 9.17) is 0 Å². The van der Waals surface area contributed by atoms with E-state index < -0.39 is 10.1 Å². The summed E-state index contributed by atoms with van der Waals surface area (Å²) in [5.41, 5.74) is 0.677. The average Bonchev–Trinajstić information content (AvgIpc) is 2.38. The fourth-order valence-corrected chi connectivity index (χ4v) is 2.85. The lowest BCUT2D eigenvalue weighted by molar-refractivity contribution is 0.484. The molecule has 19 heavy (non-hydrogen) atoms. The third-order valence-electron chi connectivity index (χ3n) is 3.11. The number of nitrogens with zero attached hydrogens (tertiary/aromatic N) is 1. The molecule has 1 N–H and O–H groups in total. The van der Waals surface area contributed by atoms with E-state index >= 15 is 0 Å². The Kier molecular flexibility index (Phi) is 3.78. The van der Waals surface area contributed by atoms with Crippen LogP contribution in [-0.4, -0.2) is 26.1 Å². The minimum Gasteiger partial charge on any atom is -0.372 e. The molecule has 5 heteroatoms. The predicted molar refractivity (Wildman–Crippen MR) is 76.2 cm³/mol. The first-order valence-corrected chi connectivity index (χ1v) is 7.59. The van der Waals surface area contributed by atoms with E-state index in [0.717, 1.165) is 13.1 Å². The van der Waals surface area contributed by atoms with Crippen molar-refractivity contribution >= 4 is 26.6 Å². The number of hydrogen-bond acceptors (Lipinski definition) is 3. The Morgan fingerprint density at radius 1 is 1.21 bits per heavy atom. The van der Waals surface area contributed by atoms with Gasteiger partial charge in [0, 0.05) is 30.2 Å². The van der Waals surface area contributed by atoms with Crippen molar-refractivity contribution in [3.63, 3.8) is 0 Å². The molecule has 2 aromatic rings. The largest absolute Gasteiger partial charge is 0.372 e. The molecule has 0 saturated carbocycles. The minimum absolute atomic E-state index is 0.0660. The maximum Gasteiger partial charge on any atom is 0.295 e. The van der Waals surface area contributed by atoms with Crippen LogP contribution in [0.25, 0.3) is 10.8 Å². The highest BCUT2D eigenvalue weighted by Crippen LogP contribution is 2.28. The summed E-state index contributed by atoms with van der Waals surface area (Å²) in [6.45, 7) is 5.46. The van der Waals surface area contributed by atoms with Crippen LogP contribution in [0.15, 0.2) is 35.2 Å². The molecule has 0 heterocycles. The van der Waals surface area contributed by atoms with Gasteiger partial charge in [-0.05, 0) is 25.3 Å². The van der Waals surface area contributed by atoms with E-state index in [1.54, 1.807) is 18.2 Å². The van der Waals surface area contributed by atoms with E-state index in [-0.39, 0.29) is 4.90 Å². The molecular weight excluding hydrogens is 262 g/mol. The quantitative estimate of drug-likeness (QED) is 0.874. The highest BCUT2D eigenvalue weighted by Gasteiger charge is 2.17. The molecule has 2 aromatic carbocycles. The summed E-state index contributed by atoms with van der Waals surface area (Å²) in [6, 6.07) is 11.7. The third-order valence-corrected chi connectivity index (χ3v) is 4.00. The lowest BCUT2D eigenvalue weighted by atomic mass is 10.1. The molecule has 0 atom stereocenters. The summed E-state index contributed by atoms with van der Waals surface area (Å²) in [5, 5.41) is 1.17. The number of benzene rings is 2. The normalized spacial score (nSPS) is 11.7. The molecule has 2 rings (SSSR count). The smallest absolute Gasteiger partial charge is 0.295 e. The van der Waals surface area contributed by atoms with Gasteiger partial charge < -0.3 is 4.90 Å². The van der Waals surface area contributed by atoms with Crippen LogP contribution < -0.4 is 4.90 Å². The van der Waals surface area contributed by atoms with Gasteiger partial charge in [-0.1, -0.05) is 24.3 Å². The van der Waals surface area contributed by atoms with E-state index in [0.29, 0.717) is 16.5 Å². The molecular formula is C14H16NO3S. The second-order valence-corrected chi connectivity index (χ2v) is 5.60. The molecule has 0 aromatic heterocycles. The van der Waals surface area contributed by atoms with Gasteiger partial charge in [-0.2, -0.15) is 8.42 Å². The van der Waals surface area contributed by atoms with Crippen molar-refractivity contribution in [3.05, 3.63) is 36.4 Å². The highest BCUT2D eigenvalue weighted by molar-refractivity contribution is 7.86. The van der Waals surface area contributed by atoms with Crippen molar-refractivity contribution < 1.29 is 13.0 Å². The Morgan fingerprint density at radius 2 is 1.84 bits per heavy atom. The molecule has 0 saturated heterocycles. The van der Waals surface area contributed by atoms with Crippen molar-refractivity contribution in [1.29, 1.82) is 0 Å². The molecule has 0 fully saturated rings. The fraction of sp³-hybridized carbons (Fsp3) is 0.286. The van der Waals surface area contributed by atoms with Gasteiger partial charge in [0.1, 0.15) is 4.90 Å². The second kappa shape index (κ2) is 5.19. The Morgan fingerprint density at radius 3 is 2.42 bits per heavy atom. The number of hydrogen-bond donors (Lipinski definition) is 1. The van der Waals surface area contributed by atoms with E-state index in [9.17, 15) is 13.0 Å². The van der Waals surface area contributed by atoms with Crippen molar-refractivity contribution in [2.75, 3.05) is 18.0 Å². The summed E-state index contributed by atoms with van der Waals surface area (Å²) < 4.78 is 32.4. The van der Waals surface area contributed by atoms with Crippen LogP contribution in [0.2, 0.25) is 0 Å². The third kappa shape index (κ3) is 2.72. The van der Waals surface area contributed by atoms with Gasteiger partial charge >= 0.3 is 0 Å². The first-order valence-electron chi connectivity index (χ1n) is 6.15. The highest BCUT2D eigenvalue weighted by atomic mass is 32.2. The van der Waals surface area contributed by atoms with Crippen molar-refractivity contribution in [1.82, 2.24) is 0 Å². The molecule has 101 valence electrons. The summed E-state index contributed by atoms with van der Waals surface area (Å²) in [5.74, 6) is 0. The molecule has 0 aliphatic heterocycles. The van der Waals surface area contributed by atoms with Gasteiger partial charge in [0.25, 0.3) is 10.1 Å². The summed E-state index contributed by atoms with van der Waals surface area (Å²) in [4.78, 5) is 1.92. The molecule has 0 unspecified atom stereocenters. The van der Waals surface area contributed by atoms with Crippen LogP contribution >= 0.6 is 0 Å². The van der Waals surface area contributed by atoms with E-state index in [1.165, 1.54) is 6.07 Å². The average molecular weight is 278 g/mol. The van der Waals surface area contributed by atoms with Crippen LogP contribution in [0, 0.1) is 6.07 Å². The number of anilines is 1. The minimum atomic E-state index is -4.25. The van der Waals surface area contributed by atoms with Gasteiger partial charge in [0.2, 0.25) is 0 Å². The van der Waals surface area contributed by atoms with Crippen molar-refractivity contribution in [2.24, 2.45) is 0 Å². The zero-order valence-corrected chi connectivity index (χ0v) is 11.7. The Balaban J connectivity index is 2.77. The zero-order chi connectivity index (χ0) is 14.0. The van der Waals surface area contributed by atoms with Gasteiger partial charge in [-0.15, -0.1) is 0 Å². The first kappa shape index (κ1) is 13.8. The topological polar surface area (TPSA) is 57.6 Å². The number of fused-ring (bicyclic) bond motifs is 1. The second-order valence-electron chi connectivity index (χ2n) is 4.21. The van der Waals surface area contributed by atoms with Gasteiger partial charge in [0.15, 0.2) is 0 Å². The Bertz CT molecular complexity index is 691. The monoisotopic (exact) mass is 278 g/mol. The van der Waals surface area contributed by atoms with Gasteiger partial charge in [0.05, 0.1) is 0 Å². The number of rotatable bonds is 4. The lowest BCUT2D eigenvalue weighted by Gasteiger charge is -2.21. The van der Waals surface area contributed by atoms with E-state index in [1.807, 2.05) is 24.8 Å². The Labute approximate surface area is 113 Å². The van der Waals surface area contributed by atoms with Crippen LogP contribution in [0.3, 0.4) is 0 Å². The first-order chi connectivity index (χ1) is 8.97. The van der Waals surface area contributed by atoms with Gasteiger partial charge in [-0.25, -0.2) is 0 Å². The molecule has 0 aliphatic carbocycles. The molecule has 0 amide bonds. The van der Waals surface area contributed by atoms with Crippen LogP contribution in [0.4, 0.5) is 5.69 Å². The van der Waals surface area contributed by atoms with Gasteiger partial charge in [-0.3, -0.25) is 4.55 Å². The summed E-state index contributed by atoms with van der Waals surface area (Å²) in [6.07, 6.45) is 0. The van der Waals surface area contributed by atoms with Crippen molar-refractivity contribution in [3.8, 4) is 0 Å². The predicted octanol–water partition coefficient (Wildman–Crippen LogP) is 2.73. The Hall–Kier alpha value is -1.59.